The fraction of sp³-hybridized carbons (Fsp3) is 0.219. The fourth-order valence-corrected chi connectivity index (χ4v) is 4.53. The zero-order valence-corrected chi connectivity index (χ0v) is 23.6. The molecule has 0 aliphatic rings. The van der Waals surface area contributed by atoms with Crippen LogP contribution in [0, 0.1) is 19.7 Å². The summed E-state index contributed by atoms with van der Waals surface area (Å²) in [6.45, 7) is 7.98. The second kappa shape index (κ2) is 11.8. The lowest BCUT2D eigenvalue weighted by molar-refractivity contribution is -0.139. The minimum atomic E-state index is -1.31. The van der Waals surface area contributed by atoms with E-state index in [1.165, 1.54) is 17.7 Å². The van der Waals surface area contributed by atoms with Gasteiger partial charge >= 0.3 is 5.97 Å². The van der Waals surface area contributed by atoms with Crippen molar-refractivity contribution < 1.29 is 23.6 Å². The molecule has 0 aliphatic carbocycles. The van der Waals surface area contributed by atoms with E-state index in [9.17, 15) is 14.7 Å². The van der Waals surface area contributed by atoms with Gasteiger partial charge in [-0.05, 0) is 73.4 Å². The first-order chi connectivity index (χ1) is 20.1. The van der Waals surface area contributed by atoms with E-state index >= 15 is 4.39 Å². The molecule has 3 aromatic carbocycles. The molecule has 214 valence electrons. The number of amides is 1. The number of rotatable bonds is 9. The van der Waals surface area contributed by atoms with Gasteiger partial charge in [-0.1, -0.05) is 54.9 Å². The molecule has 0 radical (unpaired) electrons. The van der Waals surface area contributed by atoms with E-state index in [-0.39, 0.29) is 29.4 Å². The van der Waals surface area contributed by atoms with Crippen LogP contribution in [0.4, 0.5) is 4.39 Å². The Bertz CT molecular complexity index is 1740. The molecule has 1 unspecified atom stereocenters. The number of carboxylic acid groups (broad SMARTS) is 1. The lowest BCUT2D eigenvalue weighted by Gasteiger charge is -2.14. The maximum absolute atomic E-state index is 15.1. The topological polar surface area (TPSA) is 123 Å². The summed E-state index contributed by atoms with van der Waals surface area (Å²) in [5.41, 5.74) is 5.03. The SMILES string of the molecule is Cc1ccc(-c2nc(-c3ccc(CC(NC(=O)c4cc(C)n(-c5ccc(C(C)C)cc5)n4)C(=O)O)cc3F)no2)cc1. The Balaban J connectivity index is 1.29. The smallest absolute Gasteiger partial charge is 0.326 e. The maximum atomic E-state index is 15.1. The van der Waals surface area contributed by atoms with Gasteiger partial charge in [-0.3, -0.25) is 4.79 Å². The Morgan fingerprint density at radius 2 is 1.71 bits per heavy atom. The molecule has 0 bridgehead atoms. The third-order valence-corrected chi connectivity index (χ3v) is 6.97. The summed E-state index contributed by atoms with van der Waals surface area (Å²) in [5, 5.41) is 20.6. The Morgan fingerprint density at radius 1 is 1.00 bits per heavy atom. The van der Waals surface area contributed by atoms with E-state index in [1.807, 2.05) is 62.4 Å². The number of aliphatic carboxylic acids is 1. The summed E-state index contributed by atoms with van der Waals surface area (Å²) < 4.78 is 22.0. The number of aryl methyl sites for hydroxylation is 2. The third-order valence-electron chi connectivity index (χ3n) is 6.97. The van der Waals surface area contributed by atoms with Crippen LogP contribution in [-0.4, -0.2) is 42.9 Å². The first-order valence-electron chi connectivity index (χ1n) is 13.5. The van der Waals surface area contributed by atoms with Crippen LogP contribution in [0.2, 0.25) is 0 Å². The van der Waals surface area contributed by atoms with Crippen molar-refractivity contribution in [3.8, 4) is 28.5 Å². The highest BCUT2D eigenvalue weighted by molar-refractivity contribution is 5.95. The predicted octanol–water partition coefficient (Wildman–Crippen LogP) is 5.89. The Morgan fingerprint density at radius 3 is 2.36 bits per heavy atom. The molecule has 0 aliphatic heterocycles. The Kier molecular flexibility index (Phi) is 7.97. The molecule has 2 heterocycles. The first kappa shape index (κ1) is 28.4. The molecule has 9 nitrogen and oxygen atoms in total. The molecule has 2 N–H and O–H groups in total. The molecule has 10 heteroatoms. The number of nitrogens with one attached hydrogen (secondary N) is 1. The van der Waals surface area contributed by atoms with Crippen LogP contribution < -0.4 is 5.32 Å². The number of benzene rings is 3. The van der Waals surface area contributed by atoms with Gasteiger partial charge in [0.05, 0.1) is 11.3 Å². The summed E-state index contributed by atoms with van der Waals surface area (Å²) in [5.74, 6) is -1.83. The van der Waals surface area contributed by atoms with E-state index < -0.39 is 23.7 Å². The van der Waals surface area contributed by atoms with Crippen LogP contribution in [-0.2, 0) is 11.2 Å². The minimum Gasteiger partial charge on any atom is -0.480 e. The van der Waals surface area contributed by atoms with Crippen LogP contribution in [0.3, 0.4) is 0 Å². The van der Waals surface area contributed by atoms with Gasteiger partial charge in [0.15, 0.2) is 5.69 Å². The number of nitrogens with zero attached hydrogens (tertiary/aromatic N) is 4. The van der Waals surface area contributed by atoms with Crippen molar-refractivity contribution in [3.05, 3.63) is 107 Å². The highest BCUT2D eigenvalue weighted by atomic mass is 19.1. The molecule has 0 fully saturated rings. The summed E-state index contributed by atoms with van der Waals surface area (Å²) >= 11 is 0. The van der Waals surface area contributed by atoms with Crippen molar-refractivity contribution in [1.82, 2.24) is 25.2 Å². The van der Waals surface area contributed by atoms with Gasteiger partial charge in [0.2, 0.25) is 5.82 Å². The number of hydrogen-bond donors (Lipinski definition) is 2. The summed E-state index contributed by atoms with van der Waals surface area (Å²) in [7, 11) is 0. The molecule has 5 aromatic rings. The lowest BCUT2D eigenvalue weighted by Crippen LogP contribution is -2.42. The van der Waals surface area contributed by atoms with Crippen LogP contribution in [0.1, 0.15) is 52.6 Å². The molecule has 2 aromatic heterocycles. The van der Waals surface area contributed by atoms with Gasteiger partial charge in [-0.2, -0.15) is 10.1 Å². The minimum absolute atomic E-state index is 0.0718. The van der Waals surface area contributed by atoms with Gasteiger partial charge in [0, 0.05) is 17.7 Å². The molecule has 1 amide bonds. The van der Waals surface area contributed by atoms with Gasteiger partial charge < -0.3 is 14.9 Å². The molecule has 0 saturated carbocycles. The van der Waals surface area contributed by atoms with Crippen LogP contribution in [0.15, 0.2) is 77.3 Å². The van der Waals surface area contributed by atoms with Gasteiger partial charge in [-0.15, -0.1) is 0 Å². The predicted molar refractivity (Wildman–Crippen MR) is 155 cm³/mol. The molecular formula is C32H30FN5O4. The van der Waals surface area contributed by atoms with Crippen molar-refractivity contribution in [3.63, 3.8) is 0 Å². The molecule has 0 saturated heterocycles. The first-order valence-corrected chi connectivity index (χ1v) is 13.5. The van der Waals surface area contributed by atoms with Crippen LogP contribution in [0.5, 0.6) is 0 Å². The number of halogens is 1. The van der Waals surface area contributed by atoms with Gasteiger partial charge in [0.1, 0.15) is 11.9 Å². The summed E-state index contributed by atoms with van der Waals surface area (Å²) in [6, 6.07) is 19.9. The van der Waals surface area contributed by atoms with Crippen LogP contribution >= 0.6 is 0 Å². The van der Waals surface area contributed by atoms with E-state index in [0.29, 0.717) is 22.7 Å². The highest BCUT2D eigenvalue weighted by Crippen LogP contribution is 2.26. The monoisotopic (exact) mass is 567 g/mol. The zero-order chi connectivity index (χ0) is 30.0. The summed E-state index contributed by atoms with van der Waals surface area (Å²) in [4.78, 5) is 29.3. The van der Waals surface area contributed by atoms with Crippen molar-refractivity contribution in [2.24, 2.45) is 0 Å². The number of hydrogen-bond acceptors (Lipinski definition) is 6. The van der Waals surface area contributed by atoms with Crippen molar-refractivity contribution in [2.75, 3.05) is 0 Å². The normalized spacial score (nSPS) is 12.0. The largest absolute Gasteiger partial charge is 0.480 e. The van der Waals surface area contributed by atoms with Crippen molar-refractivity contribution >= 4 is 11.9 Å². The van der Waals surface area contributed by atoms with Crippen molar-refractivity contribution in [2.45, 2.75) is 46.1 Å². The molecular weight excluding hydrogens is 537 g/mol. The summed E-state index contributed by atoms with van der Waals surface area (Å²) in [6.07, 6.45) is -0.143. The van der Waals surface area contributed by atoms with E-state index in [2.05, 4.69) is 34.4 Å². The lowest BCUT2D eigenvalue weighted by atomic mass is 10.0. The Labute approximate surface area is 242 Å². The van der Waals surface area contributed by atoms with E-state index in [4.69, 9.17) is 4.52 Å². The fourth-order valence-electron chi connectivity index (χ4n) is 4.53. The molecule has 1 atom stereocenters. The standard InChI is InChI=1S/C32H30FN5O4/c1-18(2)22-10-12-24(13-11-22)38-20(4)15-27(36-38)30(39)34-28(32(40)41)17-21-7-14-25(26(33)16-21)29-35-31(42-37-29)23-8-5-19(3)6-9-23/h5-16,18,28H,17H2,1-4H3,(H,34,39)(H,40,41). The third kappa shape index (κ3) is 6.12. The second-order valence-electron chi connectivity index (χ2n) is 10.5. The van der Waals surface area contributed by atoms with Gasteiger partial charge in [0.25, 0.3) is 11.8 Å². The van der Waals surface area contributed by atoms with Gasteiger partial charge in [-0.25, -0.2) is 13.9 Å². The molecule has 5 rings (SSSR count). The second-order valence-corrected chi connectivity index (χ2v) is 10.5. The quantitative estimate of drug-likeness (QED) is 0.228. The molecule has 42 heavy (non-hydrogen) atoms. The van der Waals surface area contributed by atoms with Crippen molar-refractivity contribution in [1.29, 1.82) is 0 Å². The van der Waals surface area contributed by atoms with Crippen LogP contribution in [0.25, 0.3) is 28.5 Å². The Hall–Kier alpha value is -5.12. The average Bonchev–Trinajstić information content (AvgIpc) is 3.60. The highest BCUT2D eigenvalue weighted by Gasteiger charge is 2.24. The van der Waals surface area contributed by atoms with E-state index in [0.717, 1.165) is 11.3 Å². The maximum Gasteiger partial charge on any atom is 0.326 e. The average molecular weight is 568 g/mol. The number of carbonyl (C=O) groups is 2. The molecule has 0 spiro atoms. The number of carbonyl (C=O) groups excluding carboxylic acids is 1. The zero-order valence-electron chi connectivity index (χ0n) is 23.6. The number of carboxylic acids is 1. The van der Waals surface area contributed by atoms with E-state index in [1.54, 1.807) is 16.8 Å². The number of aromatic nitrogens is 4.